The van der Waals surface area contributed by atoms with Gasteiger partial charge < -0.3 is 9.64 Å². The van der Waals surface area contributed by atoms with E-state index in [-0.39, 0.29) is 5.65 Å². The van der Waals surface area contributed by atoms with Gasteiger partial charge in [-0.05, 0) is 18.6 Å². The lowest BCUT2D eigenvalue weighted by Crippen LogP contribution is -2.50. The fourth-order valence-electron chi connectivity index (χ4n) is 3.25. The summed E-state index contributed by atoms with van der Waals surface area (Å²) in [6.45, 7) is 4.71. The maximum atomic E-state index is 13.0. The van der Waals surface area contributed by atoms with Crippen LogP contribution in [0, 0.1) is 0 Å². The second-order valence-electron chi connectivity index (χ2n) is 6.02. The zero-order valence-electron chi connectivity index (χ0n) is 12.9. The second kappa shape index (κ2) is 5.85. The highest BCUT2D eigenvalue weighted by Crippen LogP contribution is 2.28. The van der Waals surface area contributed by atoms with Crippen molar-refractivity contribution in [3.05, 3.63) is 18.0 Å². The average molecular weight is 342 g/mol. The molecule has 2 aromatic rings. The maximum Gasteiger partial charge on any atom is 0.453 e. The van der Waals surface area contributed by atoms with Crippen molar-refractivity contribution in [1.82, 2.24) is 24.7 Å². The molecule has 0 saturated carbocycles. The molecule has 0 spiro atoms. The SMILES string of the molecule is FC(F)(F)c1nnc2ccc(N3CCN([C@H]4CCOC4)CC3)nn12. The Hall–Kier alpha value is -1.94. The van der Waals surface area contributed by atoms with Crippen molar-refractivity contribution >= 4 is 11.5 Å². The first-order valence-corrected chi connectivity index (χ1v) is 7.89. The van der Waals surface area contributed by atoms with Crippen molar-refractivity contribution in [2.75, 3.05) is 44.3 Å². The molecular weight excluding hydrogens is 325 g/mol. The van der Waals surface area contributed by atoms with Gasteiger partial charge in [0.25, 0.3) is 5.82 Å². The van der Waals surface area contributed by atoms with Gasteiger partial charge in [-0.15, -0.1) is 15.3 Å². The summed E-state index contributed by atoms with van der Waals surface area (Å²) < 4.78 is 45.0. The van der Waals surface area contributed by atoms with Crippen molar-refractivity contribution in [2.45, 2.75) is 18.6 Å². The number of halogens is 3. The summed E-state index contributed by atoms with van der Waals surface area (Å²) in [6, 6.07) is 3.66. The minimum absolute atomic E-state index is 0.0906. The molecule has 0 radical (unpaired) electrons. The van der Waals surface area contributed by atoms with Crippen LogP contribution >= 0.6 is 0 Å². The third-order valence-electron chi connectivity index (χ3n) is 4.56. The number of alkyl halides is 3. The molecule has 130 valence electrons. The summed E-state index contributed by atoms with van der Waals surface area (Å²) >= 11 is 0. The Morgan fingerprint density at radius 2 is 1.88 bits per heavy atom. The molecule has 4 heterocycles. The Morgan fingerprint density at radius 3 is 2.54 bits per heavy atom. The Balaban J connectivity index is 1.52. The largest absolute Gasteiger partial charge is 0.453 e. The summed E-state index contributed by atoms with van der Waals surface area (Å²) in [5.41, 5.74) is 0.0906. The number of hydrogen-bond acceptors (Lipinski definition) is 6. The molecule has 0 N–H and O–H groups in total. The van der Waals surface area contributed by atoms with Crippen molar-refractivity contribution in [3.63, 3.8) is 0 Å². The highest BCUT2D eigenvalue weighted by atomic mass is 19.4. The first-order chi connectivity index (χ1) is 11.5. The Bertz CT molecular complexity index is 719. The monoisotopic (exact) mass is 342 g/mol. The first kappa shape index (κ1) is 15.6. The molecule has 2 aliphatic rings. The van der Waals surface area contributed by atoms with Gasteiger partial charge in [0.15, 0.2) is 5.65 Å². The van der Waals surface area contributed by atoms with Crippen molar-refractivity contribution in [3.8, 4) is 0 Å². The molecule has 2 saturated heterocycles. The topological polar surface area (TPSA) is 58.8 Å². The third kappa shape index (κ3) is 2.80. The van der Waals surface area contributed by atoms with Crippen LogP contribution < -0.4 is 4.90 Å². The zero-order chi connectivity index (χ0) is 16.7. The molecule has 0 unspecified atom stereocenters. The maximum absolute atomic E-state index is 13.0. The van der Waals surface area contributed by atoms with Crippen molar-refractivity contribution in [2.24, 2.45) is 0 Å². The average Bonchev–Trinajstić information content (AvgIpc) is 3.23. The van der Waals surface area contributed by atoms with Gasteiger partial charge in [-0.2, -0.15) is 17.7 Å². The van der Waals surface area contributed by atoms with Crippen LogP contribution in [0.5, 0.6) is 0 Å². The van der Waals surface area contributed by atoms with Crippen molar-refractivity contribution < 1.29 is 17.9 Å². The quantitative estimate of drug-likeness (QED) is 0.813. The fourth-order valence-corrected chi connectivity index (χ4v) is 3.25. The van der Waals surface area contributed by atoms with E-state index < -0.39 is 12.0 Å². The molecule has 10 heteroatoms. The number of hydrogen-bond donors (Lipinski definition) is 0. The lowest BCUT2D eigenvalue weighted by atomic mass is 10.2. The normalized spacial score (nSPS) is 23.3. The fraction of sp³-hybridized carbons (Fsp3) is 0.643. The zero-order valence-corrected chi connectivity index (χ0v) is 12.9. The van der Waals surface area contributed by atoms with Crippen LogP contribution in [0.4, 0.5) is 19.0 Å². The molecule has 2 fully saturated rings. The molecule has 4 rings (SSSR count). The van der Waals surface area contributed by atoms with Gasteiger partial charge in [0.05, 0.1) is 6.61 Å². The Labute approximate surface area is 136 Å². The molecular formula is C14H17F3N6O. The predicted molar refractivity (Wildman–Crippen MR) is 78.8 cm³/mol. The third-order valence-corrected chi connectivity index (χ3v) is 4.56. The van der Waals surface area contributed by atoms with E-state index in [4.69, 9.17) is 4.74 Å². The molecule has 0 aliphatic carbocycles. The molecule has 0 amide bonds. The van der Waals surface area contributed by atoms with E-state index in [1.165, 1.54) is 6.07 Å². The van der Waals surface area contributed by atoms with E-state index in [1.807, 2.05) is 4.90 Å². The number of rotatable bonds is 2. The van der Waals surface area contributed by atoms with E-state index >= 15 is 0 Å². The van der Waals surface area contributed by atoms with Crippen LogP contribution in [0.25, 0.3) is 5.65 Å². The summed E-state index contributed by atoms with van der Waals surface area (Å²) in [4.78, 5) is 4.37. The lowest BCUT2D eigenvalue weighted by Gasteiger charge is -2.37. The second-order valence-corrected chi connectivity index (χ2v) is 6.02. The number of nitrogens with zero attached hydrogens (tertiary/aromatic N) is 6. The highest BCUT2D eigenvalue weighted by Gasteiger charge is 2.38. The predicted octanol–water partition coefficient (Wildman–Crippen LogP) is 1.05. The minimum Gasteiger partial charge on any atom is -0.380 e. The smallest absolute Gasteiger partial charge is 0.380 e. The number of ether oxygens (including phenoxy) is 1. The first-order valence-electron chi connectivity index (χ1n) is 7.89. The summed E-state index contributed by atoms with van der Waals surface area (Å²) in [5.74, 6) is -0.587. The number of fused-ring (bicyclic) bond motifs is 1. The summed E-state index contributed by atoms with van der Waals surface area (Å²) in [7, 11) is 0. The van der Waals surface area contributed by atoms with E-state index in [2.05, 4.69) is 20.2 Å². The Morgan fingerprint density at radius 1 is 1.08 bits per heavy atom. The Kier molecular flexibility index (Phi) is 3.80. The van der Waals surface area contributed by atoms with Crippen LogP contribution in [0.1, 0.15) is 12.2 Å². The summed E-state index contributed by atoms with van der Waals surface area (Å²) in [6.07, 6.45) is -3.54. The van der Waals surface area contributed by atoms with Crippen LogP contribution in [-0.2, 0) is 10.9 Å². The number of anilines is 1. The van der Waals surface area contributed by atoms with Gasteiger partial charge in [0.1, 0.15) is 5.82 Å². The van der Waals surface area contributed by atoms with Gasteiger partial charge in [-0.1, -0.05) is 0 Å². The van der Waals surface area contributed by atoms with Crippen LogP contribution in [0.3, 0.4) is 0 Å². The minimum atomic E-state index is -4.58. The molecule has 7 nitrogen and oxygen atoms in total. The van der Waals surface area contributed by atoms with Gasteiger partial charge >= 0.3 is 6.18 Å². The van der Waals surface area contributed by atoms with Gasteiger partial charge in [-0.25, -0.2) is 0 Å². The number of aromatic nitrogens is 4. The number of piperazine rings is 1. The highest BCUT2D eigenvalue weighted by molar-refractivity contribution is 5.46. The molecule has 2 aliphatic heterocycles. The van der Waals surface area contributed by atoms with Crippen LogP contribution in [0.15, 0.2) is 12.1 Å². The summed E-state index contributed by atoms with van der Waals surface area (Å²) in [5, 5.41) is 10.8. The van der Waals surface area contributed by atoms with E-state index in [9.17, 15) is 13.2 Å². The van der Waals surface area contributed by atoms with Crippen LogP contribution in [-0.4, -0.2) is 70.1 Å². The molecule has 1 atom stereocenters. The van der Waals surface area contributed by atoms with E-state index in [0.717, 1.165) is 50.3 Å². The lowest BCUT2D eigenvalue weighted by molar-refractivity contribution is -0.146. The van der Waals surface area contributed by atoms with Crippen LogP contribution in [0.2, 0.25) is 0 Å². The van der Waals surface area contributed by atoms with Gasteiger partial charge in [0.2, 0.25) is 0 Å². The van der Waals surface area contributed by atoms with E-state index in [1.54, 1.807) is 6.07 Å². The molecule has 0 bridgehead atoms. The standard InChI is InChI=1S/C14H17F3N6O/c15-14(16,17)13-19-18-11-1-2-12(20-23(11)13)22-6-4-21(5-7-22)10-3-8-24-9-10/h1-2,10H,3-9H2/t10-/m0/s1. The van der Waals surface area contributed by atoms with E-state index in [0.29, 0.717) is 11.9 Å². The molecule has 24 heavy (non-hydrogen) atoms. The molecule has 0 aromatic carbocycles. The van der Waals surface area contributed by atoms with Gasteiger partial charge in [0, 0.05) is 38.8 Å². The van der Waals surface area contributed by atoms with Gasteiger partial charge in [-0.3, -0.25) is 4.90 Å². The van der Waals surface area contributed by atoms with Crippen molar-refractivity contribution in [1.29, 1.82) is 0 Å². The molecule has 2 aromatic heterocycles.